The Balaban J connectivity index is 1.64. The van der Waals surface area contributed by atoms with Crippen LogP contribution in [0.25, 0.3) is 11.5 Å². The van der Waals surface area contributed by atoms with Crippen LogP contribution in [0.15, 0.2) is 65.1 Å². The highest BCUT2D eigenvalue weighted by molar-refractivity contribution is 5.64. The molecule has 0 atom stereocenters. The van der Waals surface area contributed by atoms with Crippen molar-refractivity contribution in [2.24, 2.45) is 0 Å². The molecule has 0 saturated heterocycles. The van der Waals surface area contributed by atoms with Gasteiger partial charge in [0.25, 0.3) is 0 Å². The smallest absolute Gasteiger partial charge is 0.429 e. The van der Waals surface area contributed by atoms with Gasteiger partial charge in [-0.05, 0) is 24.6 Å². The molecule has 1 aromatic heterocycles. The molecule has 0 aliphatic heterocycles. The highest BCUT2D eigenvalue weighted by Gasteiger charge is 2.16. The maximum atomic E-state index is 11.8. The molecule has 3 rings (SSSR count). The number of ether oxygens (including phenoxy) is 2. The van der Waals surface area contributed by atoms with Crippen molar-refractivity contribution in [1.29, 1.82) is 0 Å². The second-order valence-corrected chi connectivity index (χ2v) is 4.88. The molecule has 0 N–H and O–H groups in total. The van der Waals surface area contributed by atoms with Crippen LogP contribution in [0.2, 0.25) is 0 Å². The lowest BCUT2D eigenvalue weighted by Crippen LogP contribution is -2.10. The van der Waals surface area contributed by atoms with Crippen LogP contribution >= 0.6 is 0 Å². The third kappa shape index (κ3) is 3.77. The fourth-order valence-corrected chi connectivity index (χ4v) is 2.00. The minimum absolute atomic E-state index is 0.0434. The molecule has 1 heterocycles. The van der Waals surface area contributed by atoms with Crippen LogP contribution in [0.5, 0.6) is 5.95 Å². The van der Waals surface area contributed by atoms with Crippen LogP contribution < -0.4 is 4.74 Å². The lowest BCUT2D eigenvalue weighted by Gasteiger charge is -2.04. The van der Waals surface area contributed by atoms with E-state index in [0.29, 0.717) is 11.6 Å². The van der Waals surface area contributed by atoms with E-state index in [-0.39, 0.29) is 12.6 Å². The number of carbonyl (C=O) groups is 1. The number of nitrogens with zero attached hydrogens (tertiary/aromatic N) is 1. The standard InChI is InChI=1S/C18H15NO4/c1-13-17(22-16(19-13)15-10-6-3-7-11-15)23-18(20)21-12-14-8-4-2-5-9-14/h2-11H,12H2,1H3. The lowest BCUT2D eigenvalue weighted by atomic mass is 10.2. The third-order valence-electron chi connectivity index (χ3n) is 3.15. The van der Waals surface area contributed by atoms with Gasteiger partial charge in [0.05, 0.1) is 0 Å². The summed E-state index contributed by atoms with van der Waals surface area (Å²) in [5.41, 5.74) is 2.17. The Morgan fingerprint density at radius 2 is 1.70 bits per heavy atom. The Labute approximate surface area is 133 Å². The summed E-state index contributed by atoms with van der Waals surface area (Å²) < 4.78 is 15.6. The highest BCUT2D eigenvalue weighted by Crippen LogP contribution is 2.26. The predicted octanol–water partition coefficient (Wildman–Crippen LogP) is 4.37. The number of hydrogen-bond donors (Lipinski definition) is 0. The van der Waals surface area contributed by atoms with Gasteiger partial charge >= 0.3 is 12.1 Å². The van der Waals surface area contributed by atoms with Crippen LogP contribution in [0, 0.1) is 6.92 Å². The van der Waals surface area contributed by atoms with Gasteiger partial charge in [0.15, 0.2) is 0 Å². The molecule has 0 aliphatic carbocycles. The fraction of sp³-hybridized carbons (Fsp3) is 0.111. The third-order valence-corrected chi connectivity index (χ3v) is 3.15. The first-order valence-electron chi connectivity index (χ1n) is 7.14. The summed E-state index contributed by atoms with van der Waals surface area (Å²) in [7, 11) is 0. The van der Waals surface area contributed by atoms with E-state index < -0.39 is 6.16 Å². The number of aryl methyl sites for hydroxylation is 1. The zero-order valence-corrected chi connectivity index (χ0v) is 12.6. The minimum atomic E-state index is -0.826. The maximum absolute atomic E-state index is 11.8. The van der Waals surface area contributed by atoms with Crippen molar-refractivity contribution in [2.45, 2.75) is 13.5 Å². The molecule has 0 unspecified atom stereocenters. The van der Waals surface area contributed by atoms with Gasteiger partial charge in [0.2, 0.25) is 5.89 Å². The fourth-order valence-electron chi connectivity index (χ4n) is 2.00. The Hall–Kier alpha value is -3.08. The summed E-state index contributed by atoms with van der Waals surface area (Å²) in [6.07, 6.45) is -0.826. The highest BCUT2D eigenvalue weighted by atomic mass is 16.8. The summed E-state index contributed by atoms with van der Waals surface area (Å²) in [6, 6.07) is 18.7. The molecule has 0 spiro atoms. The van der Waals surface area contributed by atoms with Crippen LogP contribution in [0.3, 0.4) is 0 Å². The Morgan fingerprint density at radius 3 is 2.39 bits per heavy atom. The van der Waals surface area contributed by atoms with E-state index >= 15 is 0 Å². The quantitative estimate of drug-likeness (QED) is 0.670. The Morgan fingerprint density at radius 1 is 1.04 bits per heavy atom. The lowest BCUT2D eigenvalue weighted by molar-refractivity contribution is 0.0841. The van der Waals surface area contributed by atoms with E-state index in [4.69, 9.17) is 13.9 Å². The largest absolute Gasteiger partial charge is 0.516 e. The van der Waals surface area contributed by atoms with E-state index in [0.717, 1.165) is 11.1 Å². The molecule has 0 amide bonds. The summed E-state index contributed by atoms with van der Waals surface area (Å²) in [5.74, 6) is 0.441. The van der Waals surface area contributed by atoms with Gasteiger partial charge < -0.3 is 13.9 Å². The average molecular weight is 309 g/mol. The minimum Gasteiger partial charge on any atom is -0.429 e. The van der Waals surface area contributed by atoms with Gasteiger partial charge in [-0.15, -0.1) is 0 Å². The van der Waals surface area contributed by atoms with Gasteiger partial charge in [-0.25, -0.2) is 9.78 Å². The van der Waals surface area contributed by atoms with Gasteiger partial charge in [0, 0.05) is 5.56 Å². The maximum Gasteiger partial charge on any atom is 0.516 e. The number of oxazole rings is 1. The number of aromatic nitrogens is 1. The topological polar surface area (TPSA) is 61.6 Å². The molecule has 116 valence electrons. The summed E-state index contributed by atoms with van der Waals surface area (Å²) in [4.78, 5) is 16.0. The van der Waals surface area contributed by atoms with Gasteiger partial charge in [-0.3, -0.25) is 0 Å². The summed E-state index contributed by atoms with van der Waals surface area (Å²) in [6.45, 7) is 1.84. The molecular formula is C18H15NO4. The SMILES string of the molecule is Cc1nc(-c2ccccc2)oc1OC(=O)OCc1ccccc1. The molecule has 0 radical (unpaired) electrons. The van der Waals surface area contributed by atoms with E-state index in [2.05, 4.69) is 4.98 Å². The number of carbonyl (C=O) groups excluding carboxylic acids is 1. The van der Waals surface area contributed by atoms with Crippen molar-refractivity contribution >= 4 is 6.16 Å². The molecule has 0 saturated carbocycles. The van der Waals surface area contributed by atoms with E-state index in [1.54, 1.807) is 6.92 Å². The molecule has 23 heavy (non-hydrogen) atoms. The van der Waals surface area contributed by atoms with Crippen molar-refractivity contribution in [3.05, 3.63) is 71.9 Å². The summed E-state index contributed by atoms with van der Waals surface area (Å²) >= 11 is 0. The second-order valence-electron chi connectivity index (χ2n) is 4.88. The average Bonchev–Trinajstić information content (AvgIpc) is 2.95. The van der Waals surface area contributed by atoms with Gasteiger partial charge in [-0.1, -0.05) is 48.5 Å². The first kappa shape index (κ1) is 14.8. The molecular weight excluding hydrogens is 294 g/mol. The molecule has 5 heteroatoms. The normalized spacial score (nSPS) is 10.3. The van der Waals surface area contributed by atoms with E-state index in [1.165, 1.54) is 0 Å². The van der Waals surface area contributed by atoms with Crippen LogP contribution in [0.1, 0.15) is 11.3 Å². The Kier molecular flexibility index (Phi) is 4.38. The van der Waals surface area contributed by atoms with Crippen LogP contribution in [-0.2, 0) is 11.3 Å². The van der Waals surface area contributed by atoms with Crippen molar-refractivity contribution in [2.75, 3.05) is 0 Å². The van der Waals surface area contributed by atoms with Crippen molar-refractivity contribution in [3.8, 4) is 17.4 Å². The van der Waals surface area contributed by atoms with E-state index in [9.17, 15) is 4.79 Å². The first-order valence-corrected chi connectivity index (χ1v) is 7.14. The number of benzene rings is 2. The molecule has 5 nitrogen and oxygen atoms in total. The summed E-state index contributed by atoms with van der Waals surface area (Å²) in [5, 5.41) is 0. The first-order chi connectivity index (χ1) is 11.2. The molecule has 0 fully saturated rings. The number of hydrogen-bond acceptors (Lipinski definition) is 5. The van der Waals surface area contributed by atoms with Crippen molar-refractivity contribution in [3.63, 3.8) is 0 Å². The molecule has 0 bridgehead atoms. The van der Waals surface area contributed by atoms with Crippen molar-refractivity contribution in [1.82, 2.24) is 4.98 Å². The molecule has 0 aliphatic rings. The van der Waals surface area contributed by atoms with Crippen molar-refractivity contribution < 1.29 is 18.7 Å². The monoisotopic (exact) mass is 309 g/mol. The second kappa shape index (κ2) is 6.79. The Bertz CT molecular complexity index is 781. The van der Waals surface area contributed by atoms with Gasteiger partial charge in [-0.2, -0.15) is 0 Å². The van der Waals surface area contributed by atoms with E-state index in [1.807, 2.05) is 60.7 Å². The predicted molar refractivity (Wildman–Crippen MR) is 83.9 cm³/mol. The number of rotatable bonds is 4. The van der Waals surface area contributed by atoms with Crippen LogP contribution in [0.4, 0.5) is 4.79 Å². The molecule has 2 aromatic carbocycles. The van der Waals surface area contributed by atoms with Gasteiger partial charge in [0.1, 0.15) is 12.3 Å². The zero-order chi connectivity index (χ0) is 16.1. The van der Waals surface area contributed by atoms with Crippen LogP contribution in [-0.4, -0.2) is 11.1 Å². The zero-order valence-electron chi connectivity index (χ0n) is 12.6. The molecule has 3 aromatic rings.